The molecule has 0 N–H and O–H groups in total. The monoisotopic (exact) mass is 804 g/mol. The molecule has 0 bridgehead atoms. The second kappa shape index (κ2) is 14.1. The van der Waals surface area contributed by atoms with Crippen LogP contribution in [-0.2, 0) is 0 Å². The zero-order chi connectivity index (χ0) is 42.6. The molecule has 0 unspecified atom stereocenters. The van der Waals surface area contributed by atoms with Gasteiger partial charge in [-0.2, -0.15) is 0 Å². The van der Waals surface area contributed by atoms with Crippen LogP contribution in [-0.4, -0.2) is 0 Å². The third-order valence-corrected chi connectivity index (χ3v) is 13.5. The van der Waals surface area contributed by atoms with Crippen molar-refractivity contribution in [3.8, 4) is 0 Å². The van der Waals surface area contributed by atoms with Gasteiger partial charge in [-0.15, -0.1) is 0 Å². The Kier molecular flexibility index (Phi) is 8.59. The molecule has 0 saturated heterocycles. The largest absolute Gasteiger partial charge is 0.455 e. The zero-order valence-electron chi connectivity index (χ0n) is 36.6. The average Bonchev–Trinajstić information content (AvgIpc) is 3.85. The van der Waals surface area contributed by atoms with Crippen LogP contribution in [0.2, 0.25) is 0 Å². The van der Waals surface area contributed by atoms with E-state index in [0.29, 0.717) is 0 Å². The van der Waals surface area contributed by atoms with Gasteiger partial charge >= 0.3 is 0 Å². The highest BCUT2D eigenvalue weighted by Gasteiger charge is 2.22. The number of hydrogen-bond donors (Lipinski definition) is 0. The molecule has 11 aromatic rings. The zero-order valence-corrected chi connectivity index (χ0v) is 36.6. The van der Waals surface area contributed by atoms with Crippen molar-refractivity contribution in [3.63, 3.8) is 0 Å². The van der Waals surface area contributed by atoms with Gasteiger partial charge in [0.05, 0.1) is 0 Å². The molecule has 0 aliphatic rings. The quantitative estimate of drug-likeness (QED) is 0.168. The molecular weight excluding hydrogens is 757 g/mol. The number of benzene rings is 9. The van der Waals surface area contributed by atoms with E-state index in [-0.39, 0.29) is 0 Å². The Balaban J connectivity index is 1.04. The van der Waals surface area contributed by atoms with E-state index in [2.05, 4.69) is 211 Å². The molecule has 302 valence electrons. The van der Waals surface area contributed by atoms with Crippen LogP contribution < -0.4 is 9.80 Å². The summed E-state index contributed by atoms with van der Waals surface area (Å²) in [5.74, 6) is 0. The summed E-state index contributed by atoms with van der Waals surface area (Å²) in [6.45, 7) is 17.4. The van der Waals surface area contributed by atoms with Gasteiger partial charge in [0.15, 0.2) is 0 Å². The van der Waals surface area contributed by atoms with E-state index in [9.17, 15) is 0 Å². The van der Waals surface area contributed by atoms with Gasteiger partial charge < -0.3 is 18.6 Å². The van der Waals surface area contributed by atoms with Crippen LogP contribution in [0.3, 0.4) is 0 Å². The first kappa shape index (κ1) is 37.7. The van der Waals surface area contributed by atoms with Crippen molar-refractivity contribution >= 4 is 99.5 Å². The van der Waals surface area contributed by atoms with E-state index < -0.39 is 0 Å². The van der Waals surface area contributed by atoms with Crippen molar-refractivity contribution in [1.82, 2.24) is 0 Å². The normalized spacial score (nSPS) is 11.9. The number of anilines is 6. The first-order valence-corrected chi connectivity index (χ1v) is 21.6. The Bertz CT molecular complexity index is 3300. The van der Waals surface area contributed by atoms with E-state index in [1.807, 2.05) is 0 Å². The Hall–Kier alpha value is -7.30. The number of aryl methyl sites for hydroxylation is 8. The van der Waals surface area contributed by atoms with E-state index in [1.165, 1.54) is 44.5 Å². The summed E-state index contributed by atoms with van der Waals surface area (Å²) in [4.78, 5) is 4.72. The van der Waals surface area contributed by atoms with Crippen molar-refractivity contribution in [2.24, 2.45) is 0 Å². The van der Waals surface area contributed by atoms with Crippen LogP contribution >= 0.6 is 0 Å². The summed E-state index contributed by atoms with van der Waals surface area (Å²) >= 11 is 0. The predicted molar refractivity (Wildman–Crippen MR) is 263 cm³/mol. The molecule has 0 spiro atoms. The maximum atomic E-state index is 6.80. The molecule has 4 heteroatoms. The van der Waals surface area contributed by atoms with Gasteiger partial charge in [-0.25, -0.2) is 0 Å². The fourth-order valence-corrected chi connectivity index (χ4v) is 9.31. The van der Waals surface area contributed by atoms with Gasteiger partial charge in [0, 0.05) is 66.4 Å². The average molecular weight is 805 g/mol. The molecular formula is C58H48N2O2. The number of furan rings is 2. The molecule has 0 amide bonds. The highest BCUT2D eigenvalue weighted by Crippen LogP contribution is 2.46. The fourth-order valence-electron chi connectivity index (χ4n) is 9.31. The number of fused-ring (bicyclic) bond motifs is 11. The van der Waals surface area contributed by atoms with Crippen molar-refractivity contribution in [3.05, 3.63) is 190 Å². The third kappa shape index (κ3) is 5.96. The first-order valence-electron chi connectivity index (χ1n) is 21.6. The van der Waals surface area contributed by atoms with Gasteiger partial charge in [0.25, 0.3) is 0 Å². The topological polar surface area (TPSA) is 32.8 Å². The fraction of sp³-hybridized carbons (Fsp3) is 0.138. The Morgan fingerprint density at radius 2 is 0.565 bits per heavy atom. The minimum atomic E-state index is 0.853. The molecule has 2 heterocycles. The molecule has 0 aliphatic carbocycles. The minimum Gasteiger partial charge on any atom is -0.455 e. The molecule has 0 fully saturated rings. The molecule has 0 aliphatic heterocycles. The Labute approximate surface area is 362 Å². The number of hydrogen-bond acceptors (Lipinski definition) is 4. The van der Waals surface area contributed by atoms with Crippen LogP contribution in [0.5, 0.6) is 0 Å². The van der Waals surface area contributed by atoms with Crippen molar-refractivity contribution in [2.75, 3.05) is 9.80 Å². The maximum absolute atomic E-state index is 6.80. The molecule has 0 saturated carbocycles. The lowest BCUT2D eigenvalue weighted by Gasteiger charge is -2.27. The molecule has 2 aromatic heterocycles. The summed E-state index contributed by atoms with van der Waals surface area (Å²) in [5, 5.41) is 8.75. The second-order valence-electron chi connectivity index (χ2n) is 17.5. The van der Waals surface area contributed by atoms with Crippen LogP contribution in [0.4, 0.5) is 34.1 Å². The summed E-state index contributed by atoms with van der Waals surface area (Å²) in [6.07, 6.45) is 0. The van der Waals surface area contributed by atoms with Gasteiger partial charge in [-0.05, 0) is 220 Å². The van der Waals surface area contributed by atoms with Crippen LogP contribution in [0.1, 0.15) is 44.5 Å². The standard InChI is InChI=1S/C58H48N2O2/c1-33-9-15-43(27-37(33)5)59(44-16-10-34(2)38(6)28-44)47-19-23-49-41(31-47)13-21-51-55-53(61-57(49)51)25-26-54-56(55)52-22-14-42-32-48(20-24-50(42)58(52)62-54)60(45-17-11-35(3)39(7)29-45)46-18-12-36(4)40(8)30-46/h9-32H,1-8H3. The van der Waals surface area contributed by atoms with Crippen LogP contribution in [0.25, 0.3) is 65.4 Å². The third-order valence-electron chi connectivity index (χ3n) is 13.5. The van der Waals surface area contributed by atoms with Crippen molar-refractivity contribution < 1.29 is 8.83 Å². The SMILES string of the molecule is Cc1ccc(N(c2ccc(C)c(C)c2)c2ccc3c(ccc4c3oc3ccc5oc6c7ccc(N(c8ccc(C)c(C)c8)c8ccc(C)c(C)c8)cc7ccc6c5c34)c2)cc1C. The highest BCUT2D eigenvalue weighted by molar-refractivity contribution is 6.30. The van der Waals surface area contributed by atoms with Crippen LogP contribution in [0, 0.1) is 55.4 Å². The molecule has 62 heavy (non-hydrogen) atoms. The smallest absolute Gasteiger partial charge is 0.143 e. The van der Waals surface area contributed by atoms with Crippen LogP contribution in [0.15, 0.2) is 154 Å². The summed E-state index contributed by atoms with van der Waals surface area (Å²) in [7, 11) is 0. The van der Waals surface area contributed by atoms with Crippen molar-refractivity contribution in [2.45, 2.75) is 55.4 Å². The van der Waals surface area contributed by atoms with E-state index in [0.717, 1.165) is 99.5 Å². The molecule has 11 rings (SSSR count). The van der Waals surface area contributed by atoms with Gasteiger partial charge in [-0.3, -0.25) is 0 Å². The van der Waals surface area contributed by atoms with Gasteiger partial charge in [0.1, 0.15) is 22.3 Å². The molecule has 0 atom stereocenters. The number of rotatable bonds is 6. The molecule has 9 aromatic carbocycles. The maximum Gasteiger partial charge on any atom is 0.143 e. The van der Waals surface area contributed by atoms with E-state index >= 15 is 0 Å². The minimum absolute atomic E-state index is 0.853. The second-order valence-corrected chi connectivity index (χ2v) is 17.5. The lowest BCUT2D eigenvalue weighted by molar-refractivity contribution is 0.666. The Morgan fingerprint density at radius 3 is 0.887 bits per heavy atom. The van der Waals surface area contributed by atoms with E-state index in [1.54, 1.807) is 0 Å². The molecule has 0 radical (unpaired) electrons. The van der Waals surface area contributed by atoms with Crippen molar-refractivity contribution in [1.29, 1.82) is 0 Å². The first-order chi connectivity index (χ1) is 30.0. The highest BCUT2D eigenvalue weighted by atomic mass is 16.3. The van der Waals surface area contributed by atoms with E-state index in [4.69, 9.17) is 8.83 Å². The number of nitrogens with zero attached hydrogens (tertiary/aromatic N) is 2. The molecule has 4 nitrogen and oxygen atoms in total. The summed E-state index contributed by atoms with van der Waals surface area (Å²) in [5.41, 5.74) is 20.4. The lowest BCUT2D eigenvalue weighted by atomic mass is 10.00. The summed E-state index contributed by atoms with van der Waals surface area (Å²) < 4.78 is 13.6. The van der Waals surface area contributed by atoms with Gasteiger partial charge in [0.2, 0.25) is 0 Å². The lowest BCUT2D eigenvalue weighted by Crippen LogP contribution is -2.10. The summed E-state index contributed by atoms with van der Waals surface area (Å²) in [6, 6.07) is 53.4. The Morgan fingerprint density at radius 1 is 0.274 bits per heavy atom. The predicted octanol–water partition coefficient (Wildman–Crippen LogP) is 17.2. The van der Waals surface area contributed by atoms with Gasteiger partial charge in [-0.1, -0.05) is 36.4 Å².